The van der Waals surface area contributed by atoms with Gasteiger partial charge in [0.05, 0.1) is 6.61 Å². The summed E-state index contributed by atoms with van der Waals surface area (Å²) in [5.74, 6) is 1.31. The van der Waals surface area contributed by atoms with Crippen molar-refractivity contribution < 1.29 is 9.47 Å². The van der Waals surface area contributed by atoms with Crippen LogP contribution >= 0.6 is 11.6 Å². The van der Waals surface area contributed by atoms with Gasteiger partial charge in [-0.3, -0.25) is 4.99 Å². The van der Waals surface area contributed by atoms with Crippen LogP contribution in [0.1, 0.15) is 11.1 Å². The first-order valence-electron chi connectivity index (χ1n) is 7.97. The molecule has 134 valence electrons. The van der Waals surface area contributed by atoms with E-state index < -0.39 is 0 Å². The molecule has 1 heterocycles. The number of nitrogens with one attached hydrogen (secondary N) is 2. The molecule has 6 nitrogen and oxygen atoms in total. The number of benzene rings is 1. The molecule has 2 rings (SSSR count). The molecule has 1 aromatic carbocycles. The second-order valence-electron chi connectivity index (χ2n) is 5.25. The Morgan fingerprint density at radius 3 is 2.32 bits per heavy atom. The molecular weight excluding hydrogens is 340 g/mol. The van der Waals surface area contributed by atoms with Crippen LogP contribution in [-0.2, 0) is 17.8 Å². The Balaban J connectivity index is 1.77. The number of guanidine groups is 1. The molecule has 2 N–H and O–H groups in total. The number of hydrogen-bond acceptors (Lipinski definition) is 4. The third kappa shape index (κ3) is 6.99. The molecule has 0 bridgehead atoms. The van der Waals surface area contributed by atoms with Crippen molar-refractivity contribution in [1.29, 1.82) is 0 Å². The zero-order valence-electron chi connectivity index (χ0n) is 14.5. The molecule has 0 saturated carbocycles. The van der Waals surface area contributed by atoms with Crippen LogP contribution in [0.4, 0.5) is 0 Å². The second-order valence-corrected chi connectivity index (χ2v) is 5.69. The lowest BCUT2D eigenvalue weighted by Gasteiger charge is -2.12. The number of nitrogens with zero attached hydrogens (tertiary/aromatic N) is 2. The number of methoxy groups -OCH3 is 1. The summed E-state index contributed by atoms with van der Waals surface area (Å²) in [4.78, 5) is 8.48. The smallest absolute Gasteiger partial charge is 0.213 e. The average molecular weight is 363 g/mol. The van der Waals surface area contributed by atoms with Crippen LogP contribution in [0, 0.1) is 0 Å². The van der Waals surface area contributed by atoms with Crippen LogP contribution < -0.4 is 15.4 Å². The highest BCUT2D eigenvalue weighted by atomic mass is 35.5. The van der Waals surface area contributed by atoms with E-state index in [-0.39, 0.29) is 0 Å². The maximum atomic E-state index is 5.89. The number of hydrogen-bond donors (Lipinski definition) is 2. The predicted molar refractivity (Wildman–Crippen MR) is 100 cm³/mol. The van der Waals surface area contributed by atoms with E-state index in [4.69, 9.17) is 21.1 Å². The molecular formula is C18H23ClN4O2. The number of pyridine rings is 1. The minimum Gasteiger partial charge on any atom is -0.475 e. The molecule has 0 aliphatic rings. The Kier molecular flexibility index (Phi) is 8.01. The van der Waals surface area contributed by atoms with Gasteiger partial charge < -0.3 is 20.1 Å². The fourth-order valence-corrected chi connectivity index (χ4v) is 2.15. The standard InChI is InChI=1S/C18H23ClN4O2/c1-20-18(22-11-14-3-6-16(19)7-4-14)23-13-15-5-8-17(21-12-15)25-10-9-24-2/h3-8,12H,9-11,13H2,1-2H3,(H2,20,22,23). The van der Waals surface area contributed by atoms with Crippen LogP contribution in [0.25, 0.3) is 0 Å². The lowest BCUT2D eigenvalue weighted by Crippen LogP contribution is -2.36. The van der Waals surface area contributed by atoms with Crippen LogP contribution in [0.15, 0.2) is 47.6 Å². The summed E-state index contributed by atoms with van der Waals surface area (Å²) in [6, 6.07) is 11.5. The molecule has 0 amide bonds. The van der Waals surface area contributed by atoms with Crippen molar-refractivity contribution in [3.05, 3.63) is 58.7 Å². The normalized spacial score (nSPS) is 11.2. The van der Waals surface area contributed by atoms with Gasteiger partial charge in [-0.1, -0.05) is 29.8 Å². The highest BCUT2D eigenvalue weighted by Crippen LogP contribution is 2.09. The average Bonchev–Trinajstić information content (AvgIpc) is 2.64. The quantitative estimate of drug-likeness (QED) is 0.429. The van der Waals surface area contributed by atoms with Gasteiger partial charge in [-0.2, -0.15) is 0 Å². The van der Waals surface area contributed by atoms with Gasteiger partial charge in [-0.25, -0.2) is 4.98 Å². The fraction of sp³-hybridized carbons (Fsp3) is 0.333. The molecule has 0 aliphatic heterocycles. The van der Waals surface area contributed by atoms with Gasteiger partial charge in [0, 0.05) is 44.5 Å². The summed E-state index contributed by atoms with van der Waals surface area (Å²) in [7, 11) is 3.38. The van der Waals surface area contributed by atoms with Gasteiger partial charge in [-0.05, 0) is 23.3 Å². The Labute approximate surface area is 153 Å². The van der Waals surface area contributed by atoms with Crippen molar-refractivity contribution in [3.63, 3.8) is 0 Å². The molecule has 0 radical (unpaired) electrons. The van der Waals surface area contributed by atoms with Crippen molar-refractivity contribution in [2.45, 2.75) is 13.1 Å². The van der Waals surface area contributed by atoms with Gasteiger partial charge in [0.1, 0.15) is 6.61 Å². The largest absolute Gasteiger partial charge is 0.475 e. The van der Waals surface area contributed by atoms with Crippen LogP contribution in [0.5, 0.6) is 5.88 Å². The maximum absolute atomic E-state index is 5.89. The number of ether oxygens (including phenoxy) is 2. The van der Waals surface area contributed by atoms with E-state index >= 15 is 0 Å². The SMILES string of the molecule is CN=C(NCc1ccc(Cl)cc1)NCc1ccc(OCCOC)nc1. The van der Waals surface area contributed by atoms with Crippen molar-refractivity contribution in [2.75, 3.05) is 27.4 Å². The van der Waals surface area contributed by atoms with E-state index in [0.717, 1.165) is 22.1 Å². The molecule has 0 atom stereocenters. The summed E-state index contributed by atoms with van der Waals surface area (Å²) in [5.41, 5.74) is 2.17. The number of rotatable bonds is 8. The molecule has 2 aromatic rings. The number of halogens is 1. The van der Waals surface area contributed by atoms with E-state index in [1.807, 2.05) is 36.4 Å². The van der Waals surface area contributed by atoms with Crippen LogP contribution in [0.3, 0.4) is 0 Å². The molecule has 7 heteroatoms. The van der Waals surface area contributed by atoms with E-state index in [1.54, 1.807) is 20.4 Å². The summed E-state index contributed by atoms with van der Waals surface area (Å²) < 4.78 is 10.4. The van der Waals surface area contributed by atoms with Crippen molar-refractivity contribution in [1.82, 2.24) is 15.6 Å². The lowest BCUT2D eigenvalue weighted by molar-refractivity contribution is 0.143. The van der Waals surface area contributed by atoms with E-state index in [0.29, 0.717) is 32.2 Å². The fourth-order valence-electron chi connectivity index (χ4n) is 2.02. The summed E-state index contributed by atoms with van der Waals surface area (Å²) in [6.07, 6.45) is 1.78. The first-order chi connectivity index (χ1) is 12.2. The Morgan fingerprint density at radius 1 is 1.04 bits per heavy atom. The van der Waals surface area contributed by atoms with Crippen molar-refractivity contribution in [2.24, 2.45) is 4.99 Å². The van der Waals surface area contributed by atoms with E-state index in [1.165, 1.54) is 0 Å². The van der Waals surface area contributed by atoms with Gasteiger partial charge in [0.2, 0.25) is 5.88 Å². The third-order valence-corrected chi connectivity index (χ3v) is 3.64. The number of aliphatic imine (C=N–C) groups is 1. The Morgan fingerprint density at radius 2 is 1.72 bits per heavy atom. The zero-order chi connectivity index (χ0) is 17.9. The van der Waals surface area contributed by atoms with Crippen molar-refractivity contribution in [3.8, 4) is 5.88 Å². The molecule has 0 unspecified atom stereocenters. The van der Waals surface area contributed by atoms with Crippen LogP contribution in [-0.4, -0.2) is 38.3 Å². The Bertz CT molecular complexity index is 660. The molecule has 25 heavy (non-hydrogen) atoms. The monoisotopic (exact) mass is 362 g/mol. The van der Waals surface area contributed by atoms with Crippen LogP contribution in [0.2, 0.25) is 5.02 Å². The lowest BCUT2D eigenvalue weighted by atomic mass is 10.2. The minimum atomic E-state index is 0.488. The maximum Gasteiger partial charge on any atom is 0.213 e. The molecule has 0 saturated heterocycles. The summed E-state index contributed by atoms with van der Waals surface area (Å²) >= 11 is 5.89. The minimum absolute atomic E-state index is 0.488. The Hall–Kier alpha value is -2.31. The predicted octanol–water partition coefficient (Wildman–Crippen LogP) is 2.63. The highest BCUT2D eigenvalue weighted by molar-refractivity contribution is 6.30. The summed E-state index contributed by atoms with van der Waals surface area (Å²) in [6.45, 7) is 2.32. The van der Waals surface area contributed by atoms with Gasteiger partial charge in [-0.15, -0.1) is 0 Å². The van der Waals surface area contributed by atoms with Gasteiger partial charge in [0.15, 0.2) is 5.96 Å². The van der Waals surface area contributed by atoms with Gasteiger partial charge in [0.25, 0.3) is 0 Å². The molecule has 0 fully saturated rings. The molecule has 0 spiro atoms. The second kappa shape index (κ2) is 10.5. The van der Waals surface area contributed by atoms with E-state index in [2.05, 4.69) is 20.6 Å². The van der Waals surface area contributed by atoms with E-state index in [9.17, 15) is 0 Å². The first-order valence-corrected chi connectivity index (χ1v) is 8.34. The topological polar surface area (TPSA) is 67.8 Å². The summed E-state index contributed by atoms with van der Waals surface area (Å²) in [5, 5.41) is 7.24. The zero-order valence-corrected chi connectivity index (χ0v) is 15.2. The van der Waals surface area contributed by atoms with Crippen molar-refractivity contribution >= 4 is 17.6 Å². The third-order valence-electron chi connectivity index (χ3n) is 3.39. The van der Waals surface area contributed by atoms with Gasteiger partial charge >= 0.3 is 0 Å². The molecule has 1 aromatic heterocycles. The molecule has 0 aliphatic carbocycles. The number of aromatic nitrogens is 1. The first kappa shape index (κ1) is 19.0. The highest BCUT2D eigenvalue weighted by Gasteiger charge is 2.01.